The highest BCUT2D eigenvalue weighted by atomic mass is 32.1. The Hall–Kier alpha value is -3.40. The van der Waals surface area contributed by atoms with Crippen molar-refractivity contribution in [1.82, 2.24) is 24.5 Å². The van der Waals surface area contributed by atoms with Crippen LogP contribution < -0.4 is 20.3 Å². The van der Waals surface area contributed by atoms with Gasteiger partial charge in [0.2, 0.25) is 11.7 Å². The number of nitrogens with zero attached hydrogens (tertiary/aromatic N) is 4. The molecule has 1 amide bonds. The quantitative estimate of drug-likeness (QED) is 0.414. The molecule has 1 aromatic carbocycles. The topological polar surface area (TPSA) is 99.8 Å². The molecule has 0 unspecified atom stereocenters. The average Bonchev–Trinajstić information content (AvgIpc) is 3.50. The number of carbonyl (C=O) groups is 1. The van der Waals surface area contributed by atoms with Crippen molar-refractivity contribution in [3.63, 3.8) is 0 Å². The second kappa shape index (κ2) is 9.46. The summed E-state index contributed by atoms with van der Waals surface area (Å²) in [6, 6.07) is 7.46. The Morgan fingerprint density at radius 3 is 2.85 bits per heavy atom. The standard InChI is InChI=1S/C24H27N5O4S/c1-3-4-10-28-23(31)22-17(9-13-34-22)29-20(26-27-24(28)29)7-8-21(30)25-15(2)16-5-6-18-19(14-16)33-12-11-32-18/h5-6,9,13-15H,3-4,7-8,10-12H2,1-2H3,(H,25,30)/t15-/m1/s1. The van der Waals surface area contributed by atoms with Crippen LogP contribution >= 0.6 is 11.3 Å². The number of aryl methyl sites for hydroxylation is 2. The number of amides is 1. The van der Waals surface area contributed by atoms with Gasteiger partial charge in [-0.05, 0) is 42.5 Å². The van der Waals surface area contributed by atoms with Gasteiger partial charge < -0.3 is 14.8 Å². The summed E-state index contributed by atoms with van der Waals surface area (Å²) in [5.74, 6) is 2.55. The Bertz CT molecular complexity index is 1410. The molecule has 1 aliphatic heterocycles. The third-order valence-electron chi connectivity index (χ3n) is 6.03. The molecule has 0 saturated carbocycles. The minimum absolute atomic E-state index is 0.0316. The van der Waals surface area contributed by atoms with E-state index in [2.05, 4.69) is 22.4 Å². The van der Waals surface area contributed by atoms with E-state index in [-0.39, 0.29) is 23.9 Å². The molecule has 3 aromatic heterocycles. The van der Waals surface area contributed by atoms with Crippen molar-refractivity contribution in [2.75, 3.05) is 13.2 Å². The lowest BCUT2D eigenvalue weighted by Crippen LogP contribution is -2.27. The fourth-order valence-corrected chi connectivity index (χ4v) is 5.04. The van der Waals surface area contributed by atoms with Crippen LogP contribution in [0.25, 0.3) is 16.0 Å². The summed E-state index contributed by atoms with van der Waals surface area (Å²) in [5.41, 5.74) is 1.71. The van der Waals surface area contributed by atoms with Crippen LogP contribution in [0.15, 0.2) is 34.4 Å². The number of benzene rings is 1. The molecule has 1 aliphatic rings. The zero-order valence-corrected chi connectivity index (χ0v) is 20.1. The van der Waals surface area contributed by atoms with Gasteiger partial charge in [-0.3, -0.25) is 18.6 Å². The molecule has 0 bridgehead atoms. The van der Waals surface area contributed by atoms with Crippen molar-refractivity contribution in [2.24, 2.45) is 0 Å². The highest BCUT2D eigenvalue weighted by Gasteiger charge is 2.19. The normalized spacial score (nSPS) is 13.9. The van der Waals surface area contributed by atoms with E-state index < -0.39 is 0 Å². The van der Waals surface area contributed by atoms with E-state index in [4.69, 9.17) is 9.47 Å². The van der Waals surface area contributed by atoms with Crippen molar-refractivity contribution < 1.29 is 14.3 Å². The number of hydrogen-bond donors (Lipinski definition) is 1. The van der Waals surface area contributed by atoms with Crippen molar-refractivity contribution >= 4 is 33.2 Å². The summed E-state index contributed by atoms with van der Waals surface area (Å²) in [6.07, 6.45) is 2.53. The zero-order valence-electron chi connectivity index (χ0n) is 19.2. The van der Waals surface area contributed by atoms with Gasteiger partial charge in [0, 0.05) is 19.4 Å². The Balaban J connectivity index is 1.32. The number of fused-ring (bicyclic) bond motifs is 4. The van der Waals surface area contributed by atoms with E-state index in [0.29, 0.717) is 48.2 Å². The van der Waals surface area contributed by atoms with Crippen LogP contribution in [-0.2, 0) is 17.8 Å². The average molecular weight is 482 g/mol. The monoisotopic (exact) mass is 481 g/mol. The third-order valence-corrected chi connectivity index (χ3v) is 6.93. The van der Waals surface area contributed by atoms with Gasteiger partial charge in [0.15, 0.2) is 11.5 Å². The molecular weight excluding hydrogens is 454 g/mol. The number of unbranched alkanes of at least 4 members (excludes halogenated alkanes) is 1. The number of thiophene rings is 1. The molecule has 1 N–H and O–H groups in total. The first-order valence-corrected chi connectivity index (χ1v) is 12.5. The molecule has 0 spiro atoms. The van der Waals surface area contributed by atoms with Crippen LogP contribution in [-0.4, -0.2) is 38.3 Å². The largest absolute Gasteiger partial charge is 0.486 e. The number of hydrogen-bond acceptors (Lipinski definition) is 7. The molecule has 178 valence electrons. The van der Waals surface area contributed by atoms with Crippen molar-refractivity contribution in [3.8, 4) is 11.5 Å². The number of ether oxygens (including phenoxy) is 2. The zero-order chi connectivity index (χ0) is 23.7. The molecule has 34 heavy (non-hydrogen) atoms. The minimum atomic E-state index is -0.179. The van der Waals surface area contributed by atoms with Crippen LogP contribution in [0.4, 0.5) is 0 Å². The Kier molecular flexibility index (Phi) is 6.23. The van der Waals surface area contributed by atoms with Gasteiger partial charge in [-0.2, -0.15) is 0 Å². The van der Waals surface area contributed by atoms with Crippen molar-refractivity contribution in [3.05, 3.63) is 51.4 Å². The number of rotatable bonds is 8. The lowest BCUT2D eigenvalue weighted by molar-refractivity contribution is -0.121. The molecule has 0 saturated heterocycles. The van der Waals surface area contributed by atoms with E-state index in [1.54, 1.807) is 4.57 Å². The summed E-state index contributed by atoms with van der Waals surface area (Å²) in [6.45, 7) is 5.69. The van der Waals surface area contributed by atoms with Crippen LogP contribution in [0.1, 0.15) is 50.5 Å². The molecule has 10 heteroatoms. The van der Waals surface area contributed by atoms with Crippen LogP contribution in [0.2, 0.25) is 0 Å². The predicted molar refractivity (Wildman–Crippen MR) is 130 cm³/mol. The summed E-state index contributed by atoms with van der Waals surface area (Å²) >= 11 is 1.42. The Morgan fingerprint density at radius 1 is 1.21 bits per heavy atom. The molecule has 5 rings (SSSR count). The molecule has 0 aliphatic carbocycles. The molecule has 9 nitrogen and oxygen atoms in total. The first-order chi connectivity index (χ1) is 16.6. The minimum Gasteiger partial charge on any atom is -0.486 e. The first kappa shape index (κ1) is 22.4. The molecule has 0 fully saturated rings. The fourth-order valence-electron chi connectivity index (χ4n) is 4.21. The smallest absolute Gasteiger partial charge is 0.272 e. The van der Waals surface area contributed by atoms with Gasteiger partial charge in [-0.25, -0.2) is 0 Å². The molecule has 4 heterocycles. The van der Waals surface area contributed by atoms with E-state index in [1.165, 1.54) is 11.3 Å². The van der Waals surface area contributed by atoms with E-state index >= 15 is 0 Å². The van der Waals surface area contributed by atoms with E-state index in [9.17, 15) is 9.59 Å². The van der Waals surface area contributed by atoms with E-state index in [0.717, 1.165) is 29.7 Å². The third kappa shape index (κ3) is 4.13. The maximum atomic E-state index is 12.9. The number of carbonyl (C=O) groups excluding carboxylic acids is 1. The first-order valence-electron chi connectivity index (χ1n) is 11.6. The lowest BCUT2D eigenvalue weighted by Gasteiger charge is -2.21. The Labute approximate surface area is 200 Å². The second-order valence-corrected chi connectivity index (χ2v) is 9.31. The van der Waals surface area contributed by atoms with Gasteiger partial charge >= 0.3 is 0 Å². The van der Waals surface area contributed by atoms with Crippen LogP contribution in [0.3, 0.4) is 0 Å². The number of aromatic nitrogens is 4. The second-order valence-electron chi connectivity index (χ2n) is 8.39. The molecule has 1 atom stereocenters. The van der Waals surface area contributed by atoms with Gasteiger partial charge in [0.05, 0.1) is 11.6 Å². The number of nitrogens with one attached hydrogen (secondary N) is 1. The summed E-state index contributed by atoms with van der Waals surface area (Å²) < 4.78 is 15.5. The Morgan fingerprint density at radius 2 is 2.03 bits per heavy atom. The van der Waals surface area contributed by atoms with Gasteiger partial charge in [0.1, 0.15) is 23.7 Å². The van der Waals surface area contributed by atoms with Gasteiger partial charge in [0.25, 0.3) is 5.56 Å². The summed E-state index contributed by atoms with van der Waals surface area (Å²) in [4.78, 5) is 25.7. The fraction of sp³-hybridized carbons (Fsp3) is 0.417. The molecular formula is C24H27N5O4S. The SMILES string of the molecule is CCCCn1c(=O)c2sccc2n2c(CCC(=O)N[C@H](C)c3ccc4c(c3)OCCO4)nnc12. The highest BCUT2D eigenvalue weighted by Crippen LogP contribution is 2.32. The summed E-state index contributed by atoms with van der Waals surface area (Å²) in [5, 5.41) is 13.6. The maximum Gasteiger partial charge on any atom is 0.272 e. The van der Waals surface area contributed by atoms with Crippen LogP contribution in [0.5, 0.6) is 11.5 Å². The van der Waals surface area contributed by atoms with E-state index in [1.807, 2.05) is 41.0 Å². The van der Waals surface area contributed by atoms with Gasteiger partial charge in [-0.15, -0.1) is 21.5 Å². The summed E-state index contributed by atoms with van der Waals surface area (Å²) in [7, 11) is 0. The predicted octanol–water partition coefficient (Wildman–Crippen LogP) is 3.49. The van der Waals surface area contributed by atoms with Crippen molar-refractivity contribution in [2.45, 2.75) is 52.1 Å². The van der Waals surface area contributed by atoms with Gasteiger partial charge in [-0.1, -0.05) is 19.4 Å². The van der Waals surface area contributed by atoms with Crippen molar-refractivity contribution in [1.29, 1.82) is 0 Å². The highest BCUT2D eigenvalue weighted by molar-refractivity contribution is 7.17. The molecule has 0 radical (unpaired) electrons. The maximum absolute atomic E-state index is 12.9. The molecule has 4 aromatic rings. The van der Waals surface area contributed by atoms with Crippen LogP contribution in [0, 0.1) is 0 Å². The lowest BCUT2D eigenvalue weighted by atomic mass is 10.1.